The smallest absolute Gasteiger partial charge is 0.251 e. The van der Waals surface area contributed by atoms with Gasteiger partial charge in [-0.15, -0.1) is 0 Å². The summed E-state index contributed by atoms with van der Waals surface area (Å²) in [6.07, 6.45) is 4.48. The van der Waals surface area contributed by atoms with E-state index < -0.39 is 0 Å². The first kappa shape index (κ1) is 26.7. The number of carbonyl (C=O) groups is 2. The number of amides is 2. The number of anilines is 1. The van der Waals surface area contributed by atoms with E-state index in [4.69, 9.17) is 20.3 Å². The summed E-state index contributed by atoms with van der Waals surface area (Å²) >= 11 is 0. The van der Waals surface area contributed by atoms with E-state index >= 15 is 0 Å². The Bertz CT molecular complexity index is 1540. The molecule has 0 radical (unpaired) electrons. The van der Waals surface area contributed by atoms with Crippen LogP contribution in [0.4, 0.5) is 5.82 Å². The molecule has 0 aliphatic carbocycles. The first-order chi connectivity index (χ1) is 19.4. The molecule has 1 atom stereocenters. The lowest BCUT2D eigenvalue weighted by Crippen LogP contribution is -2.40. The van der Waals surface area contributed by atoms with Gasteiger partial charge < -0.3 is 25.4 Å². The summed E-state index contributed by atoms with van der Waals surface area (Å²) in [6.45, 7) is 5.15. The maximum absolute atomic E-state index is 12.8. The third-order valence-corrected chi connectivity index (χ3v) is 7.04. The molecule has 0 saturated carbocycles. The van der Waals surface area contributed by atoms with Gasteiger partial charge in [-0.3, -0.25) is 9.59 Å². The molecule has 2 aromatic carbocycles. The number of hydrogen-bond acceptors (Lipinski definition) is 8. The summed E-state index contributed by atoms with van der Waals surface area (Å²) in [5.41, 5.74) is 9.78. The predicted octanol–water partition coefficient (Wildman–Crippen LogP) is 3.37. The van der Waals surface area contributed by atoms with Gasteiger partial charge in [0.05, 0.1) is 25.6 Å². The predicted molar refractivity (Wildman–Crippen MR) is 151 cm³/mol. The molecule has 11 nitrogen and oxygen atoms in total. The van der Waals surface area contributed by atoms with Crippen LogP contribution >= 0.6 is 0 Å². The van der Waals surface area contributed by atoms with Crippen LogP contribution in [-0.2, 0) is 11.3 Å². The summed E-state index contributed by atoms with van der Waals surface area (Å²) in [6, 6.07) is 12.7. The molecule has 5 rings (SSSR count). The summed E-state index contributed by atoms with van der Waals surface area (Å²) in [5, 5.41) is 8.52. The van der Waals surface area contributed by atoms with Crippen LogP contribution in [0.15, 0.2) is 61.4 Å². The van der Waals surface area contributed by atoms with E-state index in [2.05, 4.69) is 21.9 Å². The second-order valence-corrected chi connectivity index (χ2v) is 9.52. The van der Waals surface area contributed by atoms with Gasteiger partial charge in [0.25, 0.3) is 5.91 Å². The number of nitrogen functional groups attached to an aromatic ring is 1. The average molecular weight is 542 g/mol. The maximum atomic E-state index is 12.8. The number of aromatic nitrogens is 4. The lowest BCUT2D eigenvalue weighted by molar-refractivity contribution is -0.127. The average Bonchev–Trinajstić information content (AvgIpc) is 3.40. The molecule has 1 saturated heterocycles. The number of hydrogen-bond donors (Lipinski definition) is 2. The van der Waals surface area contributed by atoms with Crippen LogP contribution in [0.1, 0.15) is 34.8 Å². The van der Waals surface area contributed by atoms with Gasteiger partial charge >= 0.3 is 0 Å². The maximum Gasteiger partial charge on any atom is 0.251 e. The van der Waals surface area contributed by atoms with Gasteiger partial charge in [-0.05, 0) is 36.6 Å². The van der Waals surface area contributed by atoms with Crippen LogP contribution < -0.4 is 20.5 Å². The Kier molecular flexibility index (Phi) is 7.63. The number of nitrogens with two attached hydrogens (primary N) is 1. The quantitative estimate of drug-likeness (QED) is 0.324. The number of benzene rings is 2. The Labute approximate surface area is 231 Å². The highest BCUT2D eigenvalue weighted by Gasteiger charge is 2.28. The van der Waals surface area contributed by atoms with Gasteiger partial charge in [-0.2, -0.15) is 5.10 Å². The summed E-state index contributed by atoms with van der Waals surface area (Å²) in [4.78, 5) is 35.5. The highest BCUT2D eigenvalue weighted by atomic mass is 16.5. The lowest BCUT2D eigenvalue weighted by Gasteiger charge is -2.32. The van der Waals surface area contributed by atoms with Gasteiger partial charge in [0, 0.05) is 36.8 Å². The zero-order chi connectivity index (χ0) is 28.2. The number of likely N-dealkylation sites (tertiary alicyclic amines) is 1. The van der Waals surface area contributed by atoms with Crippen LogP contribution in [0.3, 0.4) is 0 Å². The van der Waals surface area contributed by atoms with Gasteiger partial charge in [0.2, 0.25) is 5.91 Å². The van der Waals surface area contributed by atoms with E-state index in [1.807, 2.05) is 28.9 Å². The number of ether oxygens (including phenoxy) is 2. The molecule has 1 fully saturated rings. The molecular formula is C29H31N7O4. The summed E-state index contributed by atoms with van der Waals surface area (Å²) in [7, 11) is 3.08. The fourth-order valence-corrected chi connectivity index (χ4v) is 4.94. The summed E-state index contributed by atoms with van der Waals surface area (Å²) < 4.78 is 12.4. The lowest BCUT2D eigenvalue weighted by atomic mass is 10.1. The Balaban J connectivity index is 1.37. The van der Waals surface area contributed by atoms with E-state index in [0.717, 1.165) is 24.0 Å². The molecule has 2 amide bonds. The van der Waals surface area contributed by atoms with Gasteiger partial charge in [0.15, 0.2) is 5.65 Å². The number of nitrogens with zero attached hydrogens (tertiary/aromatic N) is 5. The SMILES string of the molecule is C=CC(=O)N1CCCC(n2nc(-c3ccc(CNC(=O)c4cc(OC)cc(OC)c4)cc3)c3c(N)ncnc32)C1. The number of fused-ring (bicyclic) bond motifs is 1. The van der Waals surface area contributed by atoms with E-state index in [1.165, 1.54) is 26.6 Å². The van der Waals surface area contributed by atoms with Crippen molar-refractivity contribution in [2.24, 2.45) is 0 Å². The van der Waals surface area contributed by atoms with Crippen LogP contribution in [-0.4, -0.2) is 63.8 Å². The van der Waals surface area contributed by atoms with Crippen molar-refractivity contribution >= 4 is 28.7 Å². The molecule has 3 heterocycles. The van der Waals surface area contributed by atoms with Gasteiger partial charge in [-0.25, -0.2) is 14.6 Å². The van der Waals surface area contributed by atoms with Crippen LogP contribution in [0.5, 0.6) is 11.5 Å². The minimum absolute atomic E-state index is 0.0482. The van der Waals surface area contributed by atoms with Crippen molar-refractivity contribution < 1.29 is 19.1 Å². The second kappa shape index (κ2) is 11.4. The number of rotatable bonds is 8. The molecular weight excluding hydrogens is 510 g/mol. The monoisotopic (exact) mass is 541 g/mol. The largest absolute Gasteiger partial charge is 0.497 e. The minimum Gasteiger partial charge on any atom is -0.497 e. The fourth-order valence-electron chi connectivity index (χ4n) is 4.94. The standard InChI is InChI=1S/C29H31N7O4/c1-4-24(37)35-11-5-6-21(16-35)36-28-25(27(30)32-17-33-28)26(34-36)19-9-7-18(8-10-19)15-31-29(38)20-12-22(39-2)14-23(13-20)40-3/h4,7-10,12-14,17,21H,1,5-6,11,15-16H2,2-3H3,(H,31,38)(H2,30,32,33). The molecule has 2 aromatic heterocycles. The number of methoxy groups -OCH3 is 2. The fraction of sp³-hybridized carbons (Fsp3) is 0.276. The van der Waals surface area contributed by atoms with E-state index in [9.17, 15) is 9.59 Å². The molecule has 1 unspecified atom stereocenters. The topological polar surface area (TPSA) is 137 Å². The highest BCUT2D eigenvalue weighted by molar-refractivity contribution is 5.98. The Morgan fingerprint density at radius 3 is 2.52 bits per heavy atom. The molecule has 1 aliphatic rings. The molecule has 0 spiro atoms. The van der Waals surface area contributed by atoms with E-state index in [-0.39, 0.29) is 17.9 Å². The molecule has 0 bridgehead atoms. The van der Waals surface area contributed by atoms with Crippen LogP contribution in [0.25, 0.3) is 22.3 Å². The Morgan fingerprint density at radius 2 is 1.85 bits per heavy atom. The normalized spacial score (nSPS) is 15.1. The van der Waals surface area contributed by atoms with Crippen molar-refractivity contribution in [3.63, 3.8) is 0 Å². The Hall–Kier alpha value is -4.93. The number of carbonyl (C=O) groups excluding carboxylic acids is 2. The molecule has 206 valence electrons. The van der Waals surface area contributed by atoms with E-state index in [1.54, 1.807) is 23.1 Å². The second-order valence-electron chi connectivity index (χ2n) is 9.52. The third-order valence-electron chi connectivity index (χ3n) is 7.04. The zero-order valence-electron chi connectivity index (χ0n) is 22.5. The van der Waals surface area contributed by atoms with Crippen molar-refractivity contribution in [3.05, 3.63) is 72.6 Å². The van der Waals surface area contributed by atoms with Crippen LogP contribution in [0.2, 0.25) is 0 Å². The highest BCUT2D eigenvalue weighted by Crippen LogP contribution is 2.34. The van der Waals surface area contributed by atoms with Crippen LogP contribution in [0, 0.1) is 0 Å². The van der Waals surface area contributed by atoms with Crippen molar-refractivity contribution in [3.8, 4) is 22.8 Å². The van der Waals surface area contributed by atoms with Crippen molar-refractivity contribution in [2.45, 2.75) is 25.4 Å². The van der Waals surface area contributed by atoms with E-state index in [0.29, 0.717) is 59.2 Å². The summed E-state index contributed by atoms with van der Waals surface area (Å²) in [5.74, 6) is 1.08. The first-order valence-electron chi connectivity index (χ1n) is 12.9. The van der Waals surface area contributed by atoms with Crippen molar-refractivity contribution in [1.29, 1.82) is 0 Å². The number of nitrogens with one attached hydrogen (secondary N) is 1. The molecule has 3 N–H and O–H groups in total. The van der Waals surface area contributed by atoms with Crippen molar-refractivity contribution in [2.75, 3.05) is 33.0 Å². The molecule has 40 heavy (non-hydrogen) atoms. The minimum atomic E-state index is -0.243. The van der Waals surface area contributed by atoms with Gasteiger partial charge in [0.1, 0.15) is 29.3 Å². The van der Waals surface area contributed by atoms with Gasteiger partial charge in [-0.1, -0.05) is 30.8 Å². The van der Waals surface area contributed by atoms with Crippen molar-refractivity contribution in [1.82, 2.24) is 30.0 Å². The zero-order valence-corrected chi connectivity index (χ0v) is 22.5. The molecule has 11 heteroatoms. The molecule has 4 aromatic rings. The number of piperidine rings is 1. The first-order valence-corrected chi connectivity index (χ1v) is 12.9. The Morgan fingerprint density at radius 1 is 1.12 bits per heavy atom. The third kappa shape index (κ3) is 5.31. The molecule has 1 aliphatic heterocycles.